The summed E-state index contributed by atoms with van der Waals surface area (Å²) in [5.74, 6) is 0. The summed E-state index contributed by atoms with van der Waals surface area (Å²) in [6.45, 7) is 4.37. The van der Waals surface area contributed by atoms with E-state index >= 15 is 0 Å². The van der Waals surface area contributed by atoms with Crippen LogP contribution in [0.25, 0.3) is 0 Å². The van der Waals surface area contributed by atoms with Crippen LogP contribution in [0.2, 0.25) is 0 Å². The van der Waals surface area contributed by atoms with E-state index in [0.29, 0.717) is 0 Å². The van der Waals surface area contributed by atoms with E-state index in [1.54, 1.807) is 0 Å². The van der Waals surface area contributed by atoms with Crippen LogP contribution in [0.15, 0.2) is 24.3 Å². The number of hydrogen-bond acceptors (Lipinski definition) is 0. The zero-order chi connectivity index (χ0) is 12.6. The third kappa shape index (κ3) is 15.5. The monoisotopic (exact) mass is 236 g/mol. The summed E-state index contributed by atoms with van der Waals surface area (Å²) in [6, 6.07) is 0. The molecule has 0 unspecified atom stereocenters. The average molecular weight is 236 g/mol. The van der Waals surface area contributed by atoms with Gasteiger partial charge in [0.05, 0.1) is 0 Å². The fraction of sp³-hybridized carbons (Fsp3) is 0.765. The molecule has 0 aromatic carbocycles. The molecule has 0 atom stereocenters. The highest BCUT2D eigenvalue weighted by Gasteiger charge is 1.90. The Balaban J connectivity index is 3.02. The number of hydrogen-bond donors (Lipinski definition) is 0. The molecule has 0 amide bonds. The van der Waals surface area contributed by atoms with E-state index in [0.717, 1.165) is 0 Å². The van der Waals surface area contributed by atoms with Gasteiger partial charge in [-0.15, -0.1) is 0 Å². The van der Waals surface area contributed by atoms with Crippen LogP contribution in [0.3, 0.4) is 0 Å². The van der Waals surface area contributed by atoms with Crippen molar-refractivity contribution < 1.29 is 0 Å². The Bertz CT molecular complexity index is 176. The smallest absolute Gasteiger partial charge is 0.0316 e. The minimum atomic E-state index is 1.20. The lowest BCUT2D eigenvalue weighted by molar-refractivity contribution is 0.577. The molecule has 0 bridgehead atoms. The van der Waals surface area contributed by atoms with Crippen molar-refractivity contribution in [2.24, 2.45) is 0 Å². The van der Waals surface area contributed by atoms with Crippen molar-refractivity contribution in [3.63, 3.8) is 0 Å². The largest absolute Gasteiger partial charge is 0.0917 e. The molecule has 0 aromatic heterocycles. The third-order valence-electron chi connectivity index (χ3n) is 3.13. The third-order valence-corrected chi connectivity index (χ3v) is 3.13. The van der Waals surface area contributed by atoms with Crippen LogP contribution in [0, 0.1) is 0 Å². The van der Waals surface area contributed by atoms with E-state index in [1.165, 1.54) is 70.6 Å². The van der Waals surface area contributed by atoms with Gasteiger partial charge < -0.3 is 0 Å². The maximum absolute atomic E-state index is 2.36. The first kappa shape index (κ1) is 16.5. The normalized spacial score (nSPS) is 11.9. The van der Waals surface area contributed by atoms with Crippen LogP contribution in [-0.2, 0) is 0 Å². The molecule has 0 aromatic rings. The average Bonchev–Trinajstić information content (AvgIpc) is 2.35. The van der Waals surface area contributed by atoms with Crippen LogP contribution in [-0.4, -0.2) is 0 Å². The molecular weight excluding hydrogens is 204 g/mol. The van der Waals surface area contributed by atoms with Crippen LogP contribution in [0.5, 0.6) is 0 Å². The van der Waals surface area contributed by atoms with E-state index < -0.39 is 0 Å². The topological polar surface area (TPSA) is 0 Å². The van der Waals surface area contributed by atoms with Gasteiger partial charge in [-0.2, -0.15) is 0 Å². The van der Waals surface area contributed by atoms with Gasteiger partial charge in [0.2, 0.25) is 0 Å². The highest BCUT2D eigenvalue weighted by molar-refractivity contribution is 4.86. The molecule has 17 heavy (non-hydrogen) atoms. The summed E-state index contributed by atoms with van der Waals surface area (Å²) in [7, 11) is 0. The molecular formula is C17H32. The van der Waals surface area contributed by atoms with Crippen molar-refractivity contribution in [3.8, 4) is 0 Å². The Morgan fingerprint density at radius 3 is 1.76 bits per heavy atom. The van der Waals surface area contributed by atoms with Gasteiger partial charge in [0.1, 0.15) is 0 Å². The lowest BCUT2D eigenvalue weighted by Gasteiger charge is -1.99. The number of unbranched alkanes of at least 4 members (excludes halogenated alkanes) is 9. The second kappa shape index (κ2) is 15.5. The summed E-state index contributed by atoms with van der Waals surface area (Å²) in [5, 5.41) is 0. The number of rotatable bonds is 12. The maximum Gasteiger partial charge on any atom is -0.0316 e. The van der Waals surface area contributed by atoms with Crippen molar-refractivity contribution in [3.05, 3.63) is 24.3 Å². The Morgan fingerprint density at radius 2 is 1.12 bits per heavy atom. The highest BCUT2D eigenvalue weighted by atomic mass is 14.0. The summed E-state index contributed by atoms with van der Waals surface area (Å²) < 4.78 is 0. The first-order valence-electron chi connectivity index (χ1n) is 7.68. The van der Waals surface area contributed by atoms with Gasteiger partial charge in [0.15, 0.2) is 0 Å². The van der Waals surface area contributed by atoms with Crippen LogP contribution < -0.4 is 0 Å². The Labute approximate surface area is 109 Å². The predicted molar refractivity (Wildman–Crippen MR) is 80.4 cm³/mol. The molecule has 0 nitrogen and oxygen atoms in total. The summed E-state index contributed by atoms with van der Waals surface area (Å²) in [5.41, 5.74) is 0. The van der Waals surface area contributed by atoms with Gasteiger partial charge >= 0.3 is 0 Å². The van der Waals surface area contributed by atoms with E-state index in [2.05, 4.69) is 38.2 Å². The fourth-order valence-corrected chi connectivity index (χ4v) is 1.99. The summed E-state index contributed by atoms with van der Waals surface area (Å²) in [4.78, 5) is 0. The summed E-state index contributed by atoms with van der Waals surface area (Å²) >= 11 is 0. The molecule has 100 valence electrons. The van der Waals surface area contributed by atoms with E-state index in [9.17, 15) is 0 Å². The first-order valence-corrected chi connectivity index (χ1v) is 7.68. The lowest BCUT2D eigenvalue weighted by Crippen LogP contribution is -1.79. The zero-order valence-electron chi connectivity index (χ0n) is 12.1. The van der Waals surface area contributed by atoms with Gasteiger partial charge in [0.25, 0.3) is 0 Å². The van der Waals surface area contributed by atoms with E-state index in [-0.39, 0.29) is 0 Å². The molecule has 0 N–H and O–H groups in total. The minimum Gasteiger partial charge on any atom is -0.0917 e. The number of allylic oxidation sites excluding steroid dienone is 4. The van der Waals surface area contributed by atoms with Gasteiger partial charge in [-0.3, -0.25) is 0 Å². The Kier molecular flexibility index (Phi) is 15.0. The van der Waals surface area contributed by atoms with Gasteiger partial charge in [-0.05, 0) is 32.6 Å². The predicted octanol–water partition coefficient (Wildman–Crippen LogP) is 6.43. The molecule has 0 heterocycles. The van der Waals surface area contributed by atoms with E-state index in [4.69, 9.17) is 0 Å². The Hall–Kier alpha value is -0.520. The standard InChI is InChI=1S/C17H32/c1-3-5-7-9-11-13-15-17-16-14-12-10-8-6-4-2/h3,5,11,13H,4,6-10,12,14-17H2,1-2H3/b5-3+,13-11+. The highest BCUT2D eigenvalue weighted by Crippen LogP contribution is 2.09. The molecule has 0 heteroatoms. The van der Waals surface area contributed by atoms with Crippen molar-refractivity contribution in [2.75, 3.05) is 0 Å². The quantitative estimate of drug-likeness (QED) is 0.270. The van der Waals surface area contributed by atoms with Crippen LogP contribution in [0.1, 0.15) is 84.5 Å². The first-order chi connectivity index (χ1) is 8.41. The van der Waals surface area contributed by atoms with Gasteiger partial charge in [0, 0.05) is 0 Å². The maximum atomic E-state index is 2.36. The lowest BCUT2D eigenvalue weighted by atomic mass is 10.1. The molecule has 0 saturated carbocycles. The minimum absolute atomic E-state index is 1.20. The zero-order valence-corrected chi connectivity index (χ0v) is 12.1. The molecule has 0 aliphatic heterocycles. The molecule has 0 saturated heterocycles. The summed E-state index contributed by atoms with van der Waals surface area (Å²) in [6.07, 6.45) is 24.1. The van der Waals surface area contributed by atoms with Crippen molar-refractivity contribution in [2.45, 2.75) is 84.5 Å². The van der Waals surface area contributed by atoms with Crippen molar-refractivity contribution in [1.29, 1.82) is 0 Å². The fourth-order valence-electron chi connectivity index (χ4n) is 1.99. The van der Waals surface area contributed by atoms with Crippen molar-refractivity contribution >= 4 is 0 Å². The molecule has 0 aliphatic rings. The van der Waals surface area contributed by atoms with Crippen LogP contribution >= 0.6 is 0 Å². The second-order valence-electron chi connectivity index (χ2n) is 4.88. The van der Waals surface area contributed by atoms with Gasteiger partial charge in [-0.25, -0.2) is 0 Å². The van der Waals surface area contributed by atoms with Gasteiger partial charge in [-0.1, -0.05) is 76.2 Å². The Morgan fingerprint density at radius 1 is 0.588 bits per heavy atom. The molecule has 0 aliphatic carbocycles. The SMILES string of the molecule is C/C=C/CC/C=C/CCCCCCCCCC. The van der Waals surface area contributed by atoms with E-state index in [1.807, 2.05) is 0 Å². The molecule has 0 rings (SSSR count). The molecule has 0 radical (unpaired) electrons. The van der Waals surface area contributed by atoms with Crippen molar-refractivity contribution in [1.82, 2.24) is 0 Å². The molecule has 0 spiro atoms. The molecule has 0 fully saturated rings. The second-order valence-corrected chi connectivity index (χ2v) is 4.88. The van der Waals surface area contributed by atoms with Crippen LogP contribution in [0.4, 0.5) is 0 Å².